The lowest BCUT2D eigenvalue weighted by atomic mass is 9.99. The minimum Gasteiger partial charge on any atom is -0.0992 e. The van der Waals surface area contributed by atoms with E-state index < -0.39 is 0 Å². The summed E-state index contributed by atoms with van der Waals surface area (Å²) in [6.45, 7) is 6.31. The van der Waals surface area contributed by atoms with Crippen LogP contribution in [0.4, 0.5) is 0 Å². The molecule has 120 valence electrons. The molecule has 2 rings (SSSR count). The average Bonchev–Trinajstić information content (AvgIpc) is 2.59. The van der Waals surface area contributed by atoms with Gasteiger partial charge in [0.15, 0.2) is 0 Å². The van der Waals surface area contributed by atoms with Gasteiger partial charge in [-0.15, -0.1) is 0 Å². The van der Waals surface area contributed by atoms with Gasteiger partial charge in [-0.25, -0.2) is 0 Å². The molecule has 0 aromatic carbocycles. The molecule has 0 aromatic heterocycles. The summed E-state index contributed by atoms with van der Waals surface area (Å²) in [6.07, 6.45) is 16.6. The molecule has 0 atom stereocenters. The lowest BCUT2D eigenvalue weighted by Crippen LogP contribution is -1.90. The van der Waals surface area contributed by atoms with Crippen molar-refractivity contribution >= 4 is 23.2 Å². The molecule has 0 aliphatic heterocycles. The number of hydrogen-bond acceptors (Lipinski definition) is 0. The molecule has 2 aliphatic carbocycles. The van der Waals surface area contributed by atoms with E-state index >= 15 is 0 Å². The highest BCUT2D eigenvalue weighted by Gasteiger charge is 2.13. The lowest BCUT2D eigenvalue weighted by molar-refractivity contribution is 0.750. The van der Waals surface area contributed by atoms with E-state index in [1.54, 1.807) is 5.57 Å². The van der Waals surface area contributed by atoms with Crippen LogP contribution in [0.25, 0.3) is 0 Å². The summed E-state index contributed by atoms with van der Waals surface area (Å²) in [5.74, 6) is 0. The highest BCUT2D eigenvalue weighted by atomic mass is 35.5. The van der Waals surface area contributed by atoms with Crippen molar-refractivity contribution in [3.63, 3.8) is 0 Å². The molecule has 0 unspecified atom stereocenters. The van der Waals surface area contributed by atoms with Gasteiger partial charge in [-0.3, -0.25) is 0 Å². The van der Waals surface area contributed by atoms with E-state index in [1.807, 2.05) is 6.08 Å². The van der Waals surface area contributed by atoms with Crippen LogP contribution in [0.5, 0.6) is 0 Å². The van der Waals surface area contributed by atoms with Crippen LogP contribution in [-0.2, 0) is 0 Å². The van der Waals surface area contributed by atoms with Crippen LogP contribution in [0.3, 0.4) is 0 Å². The first-order valence-electron chi connectivity index (χ1n) is 8.38. The van der Waals surface area contributed by atoms with Gasteiger partial charge in [-0.2, -0.15) is 0 Å². The molecule has 0 heterocycles. The maximum atomic E-state index is 6.49. The maximum absolute atomic E-state index is 6.49. The number of hydrogen-bond donors (Lipinski definition) is 0. The Morgan fingerprint density at radius 1 is 1.14 bits per heavy atom. The van der Waals surface area contributed by atoms with Gasteiger partial charge >= 0.3 is 0 Å². The normalized spacial score (nSPS) is 23.4. The second kappa shape index (κ2) is 8.79. The van der Waals surface area contributed by atoms with Gasteiger partial charge in [0.2, 0.25) is 0 Å². The van der Waals surface area contributed by atoms with Crippen LogP contribution >= 0.6 is 23.2 Å². The third-order valence-corrected chi connectivity index (χ3v) is 5.15. The average molecular weight is 337 g/mol. The zero-order valence-electron chi connectivity index (χ0n) is 13.6. The maximum Gasteiger partial charge on any atom is 0.0453 e. The molecule has 0 fully saturated rings. The largest absolute Gasteiger partial charge is 0.0992 e. The third kappa shape index (κ3) is 5.18. The molecular weight excluding hydrogens is 311 g/mol. The van der Waals surface area contributed by atoms with Crippen molar-refractivity contribution in [2.45, 2.75) is 64.7 Å². The van der Waals surface area contributed by atoms with Gasteiger partial charge < -0.3 is 0 Å². The topological polar surface area (TPSA) is 0 Å². The Kier molecular flexibility index (Phi) is 7.05. The minimum absolute atomic E-state index is 0.745. The second-order valence-corrected chi connectivity index (χ2v) is 7.13. The van der Waals surface area contributed by atoms with E-state index in [2.05, 4.69) is 25.7 Å². The van der Waals surface area contributed by atoms with Gasteiger partial charge in [0, 0.05) is 22.1 Å². The zero-order valence-corrected chi connectivity index (χ0v) is 15.1. The molecule has 0 nitrogen and oxygen atoms in total. The molecule has 22 heavy (non-hydrogen) atoms. The van der Waals surface area contributed by atoms with E-state index in [-0.39, 0.29) is 0 Å². The summed E-state index contributed by atoms with van der Waals surface area (Å²) in [6, 6.07) is 0. The van der Waals surface area contributed by atoms with Crippen molar-refractivity contribution < 1.29 is 0 Å². The molecule has 0 aromatic rings. The Hall–Kier alpha value is -0.720. The van der Waals surface area contributed by atoms with E-state index in [0.29, 0.717) is 0 Å². The highest BCUT2D eigenvalue weighted by molar-refractivity contribution is 6.36. The minimum atomic E-state index is 0.745. The Morgan fingerprint density at radius 2 is 1.91 bits per heavy atom. The van der Waals surface area contributed by atoms with Crippen molar-refractivity contribution in [1.82, 2.24) is 0 Å². The summed E-state index contributed by atoms with van der Waals surface area (Å²) >= 11 is 12.9. The Balaban J connectivity index is 2.16. The van der Waals surface area contributed by atoms with Gasteiger partial charge in [0.05, 0.1) is 0 Å². The number of halogens is 2. The molecule has 0 spiro atoms. The van der Waals surface area contributed by atoms with Crippen molar-refractivity contribution in [1.29, 1.82) is 0 Å². The van der Waals surface area contributed by atoms with Crippen LogP contribution in [0.2, 0.25) is 0 Å². The molecule has 0 saturated heterocycles. The van der Waals surface area contributed by atoms with Crippen LogP contribution in [0.15, 0.2) is 57.2 Å². The van der Waals surface area contributed by atoms with E-state index in [4.69, 9.17) is 23.2 Å². The van der Waals surface area contributed by atoms with E-state index in [9.17, 15) is 0 Å². The van der Waals surface area contributed by atoms with Crippen molar-refractivity contribution in [2.24, 2.45) is 0 Å². The van der Waals surface area contributed by atoms with Gasteiger partial charge in [-0.05, 0) is 51.4 Å². The zero-order chi connectivity index (χ0) is 15.9. The summed E-state index contributed by atoms with van der Waals surface area (Å²) < 4.78 is 0. The van der Waals surface area contributed by atoms with Gasteiger partial charge in [0.1, 0.15) is 0 Å². The highest BCUT2D eigenvalue weighted by Crippen LogP contribution is 2.34. The van der Waals surface area contributed by atoms with Crippen LogP contribution in [0.1, 0.15) is 64.7 Å². The van der Waals surface area contributed by atoms with Crippen molar-refractivity contribution in [3.8, 4) is 0 Å². The summed E-state index contributed by atoms with van der Waals surface area (Å²) in [5.41, 5.74) is 5.24. The van der Waals surface area contributed by atoms with Crippen LogP contribution in [-0.4, -0.2) is 0 Å². The number of allylic oxidation sites excluding steroid dienone is 9. The molecular formula is C20H26Cl2. The van der Waals surface area contributed by atoms with E-state index in [1.165, 1.54) is 37.7 Å². The predicted molar refractivity (Wildman–Crippen MR) is 99.3 cm³/mol. The Labute approximate surface area is 145 Å². The molecule has 0 bridgehead atoms. The molecule has 2 aliphatic rings. The smallest absolute Gasteiger partial charge is 0.0453 e. The van der Waals surface area contributed by atoms with Crippen molar-refractivity contribution in [2.75, 3.05) is 0 Å². The van der Waals surface area contributed by atoms with E-state index in [0.717, 1.165) is 46.9 Å². The number of rotatable bonds is 2. The monoisotopic (exact) mass is 336 g/mol. The Morgan fingerprint density at radius 3 is 2.68 bits per heavy atom. The quantitative estimate of drug-likeness (QED) is 0.456. The first kappa shape index (κ1) is 17.6. The SMILES string of the molecule is C=C1CC=C(Cl)C(C=C2CCCC=C(CC)CCC2)=C(Cl)C1. The fourth-order valence-corrected chi connectivity index (χ4v) is 3.72. The first-order chi connectivity index (χ1) is 10.6. The molecule has 0 saturated carbocycles. The van der Waals surface area contributed by atoms with Crippen molar-refractivity contribution in [3.05, 3.63) is 57.2 Å². The molecule has 2 heteroatoms. The predicted octanol–water partition coefficient (Wildman–Crippen LogP) is 7.57. The lowest BCUT2D eigenvalue weighted by Gasteiger charge is -2.09. The first-order valence-corrected chi connectivity index (χ1v) is 9.14. The fraction of sp³-hybridized carbons (Fsp3) is 0.500. The summed E-state index contributed by atoms with van der Waals surface area (Å²) in [7, 11) is 0. The second-order valence-electron chi connectivity index (χ2n) is 6.27. The summed E-state index contributed by atoms with van der Waals surface area (Å²) in [5, 5.41) is 1.62. The van der Waals surface area contributed by atoms with Gasteiger partial charge in [-0.1, -0.05) is 71.7 Å². The van der Waals surface area contributed by atoms with Crippen LogP contribution in [0, 0.1) is 0 Å². The standard InChI is InChI=1S/C20H26Cl2/c1-3-16-7-4-5-8-17(10-6-9-16)14-18-19(21)12-11-15(2)13-20(18)22/h7,12,14H,2-6,8-11,13H2,1H3. The van der Waals surface area contributed by atoms with Gasteiger partial charge in [0.25, 0.3) is 0 Å². The Bertz CT molecular complexity index is 544. The summed E-state index contributed by atoms with van der Waals surface area (Å²) in [4.78, 5) is 0. The third-order valence-electron chi connectivity index (χ3n) is 4.46. The molecule has 0 amide bonds. The molecule has 0 radical (unpaired) electrons. The van der Waals surface area contributed by atoms with Crippen LogP contribution < -0.4 is 0 Å². The molecule has 0 N–H and O–H groups in total. The fourth-order valence-electron chi connectivity index (χ4n) is 3.08.